The Morgan fingerprint density at radius 3 is 2.48 bits per heavy atom. The molecule has 2 aliphatic carbocycles. The molecule has 2 aromatic heterocycles. The van der Waals surface area contributed by atoms with Crippen molar-refractivity contribution in [1.82, 2.24) is 14.9 Å². The van der Waals surface area contributed by atoms with Gasteiger partial charge in [0.15, 0.2) is 10.9 Å². The van der Waals surface area contributed by atoms with Crippen molar-refractivity contribution in [3.63, 3.8) is 0 Å². The van der Waals surface area contributed by atoms with Gasteiger partial charge in [-0.25, -0.2) is 14.8 Å². The van der Waals surface area contributed by atoms with Gasteiger partial charge in [0.2, 0.25) is 20.1 Å². The van der Waals surface area contributed by atoms with Crippen molar-refractivity contribution in [3.05, 3.63) is 47.9 Å². The number of ether oxygens (including phenoxy) is 4. The average molecular weight is 867 g/mol. The Morgan fingerprint density at radius 2 is 1.83 bits per heavy atom. The lowest BCUT2D eigenvalue weighted by Gasteiger charge is -2.35. The Kier molecular flexibility index (Phi) is 13.8. The van der Waals surface area contributed by atoms with Crippen LogP contribution in [-0.2, 0) is 37.7 Å². The number of carbonyl (C=O) groups is 4. The second-order valence-corrected chi connectivity index (χ2v) is 21.5. The zero-order valence-electron chi connectivity index (χ0n) is 36.0. The average Bonchev–Trinajstić information content (AvgIpc) is 3.57. The number of rotatable bonds is 17. The first-order chi connectivity index (χ1) is 28.3. The normalized spacial score (nSPS) is 23.2. The number of anilines is 1. The van der Waals surface area contributed by atoms with Gasteiger partial charge in [-0.05, 0) is 81.9 Å². The third-order valence-corrected chi connectivity index (χ3v) is 15.6. The van der Waals surface area contributed by atoms with Crippen LogP contribution in [0.3, 0.4) is 0 Å². The molecule has 3 aliphatic rings. The second-order valence-electron chi connectivity index (χ2n) is 17.8. The molecule has 0 bridgehead atoms. The van der Waals surface area contributed by atoms with Crippen LogP contribution >= 0.6 is 18.7 Å². The second kappa shape index (κ2) is 18.3. The summed E-state index contributed by atoms with van der Waals surface area (Å²) >= 11 is 1.48. The van der Waals surface area contributed by atoms with Gasteiger partial charge in [-0.3, -0.25) is 23.5 Å². The van der Waals surface area contributed by atoms with Gasteiger partial charge in [-0.2, -0.15) is 0 Å². The SMILES string of the molecule is C=C[C@@H]1C[C@]1(CC(=O)[C@@H]1C[C@@H](Oc2cc(-c3csc(NC(C)C)n3)nc3cc(C)ccc23)CN1C(=O)[C@@H](CC(=O)OC1CCCC1)C(C)(C)C)P(C)(=O)OCOC(=O)OC. The fraction of sp³-hybridized carbons (Fsp3) is 0.591. The number of allylic oxidation sites excluding steroid dienone is 1. The van der Waals surface area contributed by atoms with Crippen molar-refractivity contribution in [2.75, 3.05) is 32.4 Å². The molecule has 0 spiro atoms. The maximum atomic E-state index is 14.9. The minimum absolute atomic E-state index is 0.0643. The van der Waals surface area contributed by atoms with E-state index in [0.29, 0.717) is 29.1 Å². The number of ketones is 1. The van der Waals surface area contributed by atoms with Crippen LogP contribution in [-0.4, -0.2) is 95.2 Å². The van der Waals surface area contributed by atoms with Crippen LogP contribution in [0.2, 0.25) is 0 Å². The quantitative estimate of drug-likeness (QED) is 0.0590. The highest BCUT2D eigenvalue weighted by atomic mass is 32.1. The Morgan fingerprint density at radius 1 is 1.10 bits per heavy atom. The van der Waals surface area contributed by atoms with Crippen molar-refractivity contribution < 1.29 is 47.2 Å². The molecule has 16 heteroatoms. The number of benzene rings is 1. The van der Waals surface area contributed by atoms with Crippen LogP contribution in [0.15, 0.2) is 42.3 Å². The number of thiazole rings is 1. The molecule has 6 rings (SSSR count). The molecule has 3 fully saturated rings. The topological polar surface area (TPSA) is 173 Å². The number of likely N-dealkylation sites (tertiary alicyclic amines) is 1. The first-order valence-electron chi connectivity index (χ1n) is 20.7. The van der Waals surface area contributed by atoms with E-state index in [1.54, 1.807) is 11.0 Å². The van der Waals surface area contributed by atoms with E-state index >= 15 is 0 Å². The van der Waals surface area contributed by atoms with Gasteiger partial charge in [0, 0.05) is 42.4 Å². The number of aromatic nitrogens is 2. The summed E-state index contributed by atoms with van der Waals surface area (Å²) in [5, 5.41) is 5.70. The molecule has 6 atom stereocenters. The van der Waals surface area contributed by atoms with E-state index in [1.165, 1.54) is 18.0 Å². The predicted octanol–water partition coefficient (Wildman–Crippen LogP) is 8.94. The number of nitrogens with zero attached hydrogens (tertiary/aromatic N) is 3. The number of esters is 1. The van der Waals surface area contributed by atoms with Crippen molar-refractivity contribution in [2.45, 2.75) is 122 Å². The number of aryl methyl sites for hydroxylation is 1. The number of hydrogen-bond donors (Lipinski definition) is 1. The maximum Gasteiger partial charge on any atom is 0.510 e. The summed E-state index contributed by atoms with van der Waals surface area (Å²) in [4.78, 5) is 65.9. The molecular weight excluding hydrogens is 808 g/mol. The van der Waals surface area contributed by atoms with Gasteiger partial charge in [0.1, 0.15) is 23.7 Å². The van der Waals surface area contributed by atoms with Gasteiger partial charge >= 0.3 is 12.1 Å². The zero-order chi connectivity index (χ0) is 43.6. The van der Waals surface area contributed by atoms with Gasteiger partial charge < -0.3 is 29.2 Å². The minimum Gasteiger partial charge on any atom is -0.488 e. The van der Waals surface area contributed by atoms with Gasteiger partial charge in [0.25, 0.3) is 0 Å². The first kappa shape index (κ1) is 45.2. The van der Waals surface area contributed by atoms with Crippen molar-refractivity contribution >= 4 is 58.6 Å². The molecular formula is C44H59N4O10PS. The minimum atomic E-state index is -3.62. The molecule has 60 heavy (non-hydrogen) atoms. The fourth-order valence-electron chi connectivity index (χ4n) is 8.44. The van der Waals surface area contributed by atoms with E-state index in [4.69, 9.17) is 28.7 Å². The number of nitrogens with one attached hydrogen (secondary N) is 1. The molecule has 14 nitrogen and oxygen atoms in total. The third kappa shape index (κ3) is 10.2. The van der Waals surface area contributed by atoms with Crippen LogP contribution in [0.25, 0.3) is 22.3 Å². The van der Waals surface area contributed by atoms with E-state index in [2.05, 4.69) is 16.6 Å². The predicted molar refractivity (Wildman–Crippen MR) is 230 cm³/mol. The number of fused-ring (bicyclic) bond motifs is 1. The largest absolute Gasteiger partial charge is 0.510 e. The molecule has 3 heterocycles. The molecule has 3 aromatic rings. The molecule has 0 radical (unpaired) electrons. The van der Waals surface area contributed by atoms with Gasteiger partial charge in [-0.1, -0.05) is 32.9 Å². The third-order valence-electron chi connectivity index (χ3n) is 12.0. The molecule has 1 amide bonds. The molecule has 1 aliphatic heterocycles. The maximum absolute atomic E-state index is 14.9. The summed E-state index contributed by atoms with van der Waals surface area (Å²) in [6.45, 7) is 16.6. The molecule has 1 saturated heterocycles. The molecule has 2 saturated carbocycles. The smallest absolute Gasteiger partial charge is 0.488 e. The van der Waals surface area contributed by atoms with Crippen molar-refractivity contribution in [1.29, 1.82) is 0 Å². The highest BCUT2D eigenvalue weighted by Crippen LogP contribution is 2.73. The zero-order valence-corrected chi connectivity index (χ0v) is 37.7. The Hall–Kier alpha value is -4.33. The molecule has 1 aromatic carbocycles. The van der Waals surface area contributed by atoms with E-state index in [1.807, 2.05) is 71.2 Å². The number of hydrogen-bond acceptors (Lipinski definition) is 14. The lowest BCUT2D eigenvalue weighted by Crippen LogP contribution is -2.48. The number of carbonyl (C=O) groups excluding carboxylic acids is 4. The van der Waals surface area contributed by atoms with Crippen LogP contribution in [0.1, 0.15) is 91.5 Å². The monoisotopic (exact) mass is 866 g/mol. The summed E-state index contributed by atoms with van der Waals surface area (Å²) in [5.74, 6) is -1.69. The number of Topliss-reactive ketones (excluding diaryl/α,β-unsaturated/α-hetero) is 1. The highest BCUT2D eigenvalue weighted by Gasteiger charge is 2.65. The Labute approximate surface area is 356 Å². The molecule has 1 N–H and O–H groups in total. The number of amides is 1. The fourth-order valence-corrected chi connectivity index (χ4v) is 11.5. The summed E-state index contributed by atoms with van der Waals surface area (Å²) in [6.07, 6.45) is 3.66. The summed E-state index contributed by atoms with van der Waals surface area (Å²) in [5.41, 5.74) is 2.36. The van der Waals surface area contributed by atoms with E-state index < -0.39 is 54.9 Å². The number of methoxy groups -OCH3 is 1. The summed E-state index contributed by atoms with van der Waals surface area (Å²) in [6, 6.07) is 6.98. The van der Waals surface area contributed by atoms with E-state index in [-0.39, 0.29) is 55.6 Å². The van der Waals surface area contributed by atoms with Crippen LogP contribution in [0.5, 0.6) is 5.75 Å². The van der Waals surface area contributed by atoms with Crippen LogP contribution in [0.4, 0.5) is 9.93 Å². The van der Waals surface area contributed by atoms with Crippen molar-refractivity contribution in [3.8, 4) is 17.1 Å². The molecule has 1 unspecified atom stereocenters. The van der Waals surface area contributed by atoms with E-state index in [0.717, 1.165) is 48.9 Å². The highest BCUT2D eigenvalue weighted by molar-refractivity contribution is 7.60. The Bertz CT molecular complexity index is 2150. The van der Waals surface area contributed by atoms with Crippen LogP contribution in [0, 0.1) is 24.2 Å². The Balaban J connectivity index is 1.32. The first-order valence-corrected chi connectivity index (χ1v) is 23.7. The standard InChI is InChI=1S/C44H59N4O10PS/c1-10-28-21-44(28,59(9,53)56-25-55-42(52)54-8)22-37(49)36-18-30(23-48(36)40(51)32(43(5,6)7)19-39(50)58-29-13-11-12-14-29)57-38-20-34(35-24-60-41(47-35)45-26(2)3)46-33-17-27(4)15-16-31(33)38/h10,15-17,20,24,26,28-30,32,36H,1,11-14,18-19,21-23,25H2,2-9H3,(H,45,47)/t28-,30-,32-,36+,44-,59?/m1/s1. The van der Waals surface area contributed by atoms with E-state index in [9.17, 15) is 23.7 Å². The summed E-state index contributed by atoms with van der Waals surface area (Å²) in [7, 11) is -2.47. The molecule has 326 valence electrons. The summed E-state index contributed by atoms with van der Waals surface area (Å²) < 4.78 is 41.9. The van der Waals surface area contributed by atoms with Crippen molar-refractivity contribution in [2.24, 2.45) is 17.3 Å². The lowest BCUT2D eigenvalue weighted by molar-refractivity contribution is -0.156. The van der Waals surface area contributed by atoms with Crippen LogP contribution < -0.4 is 10.1 Å². The number of pyridine rings is 1. The van der Waals surface area contributed by atoms with Gasteiger partial charge in [0.05, 0.1) is 48.4 Å². The lowest BCUT2D eigenvalue weighted by atomic mass is 9.77. The van der Waals surface area contributed by atoms with Gasteiger partial charge in [-0.15, -0.1) is 17.9 Å².